The molecular weight excluding hydrogens is 457 g/mol. The summed E-state index contributed by atoms with van der Waals surface area (Å²) in [5.41, 5.74) is -1.18. The number of alkyl halides is 1. The van der Waals surface area contributed by atoms with Crippen LogP contribution in [0.1, 0.15) is 20.3 Å². The van der Waals surface area contributed by atoms with E-state index in [0.717, 1.165) is 0 Å². The molecule has 0 aromatic rings. The van der Waals surface area contributed by atoms with Crippen LogP contribution < -0.4 is 0 Å². The van der Waals surface area contributed by atoms with Gasteiger partial charge in [-0.3, -0.25) is 13.6 Å². The van der Waals surface area contributed by atoms with Crippen LogP contribution in [0.2, 0.25) is 0 Å². The molecule has 0 spiro atoms. The minimum atomic E-state index is -3.97. The number of thiol groups is 2. The molecular formula is C14H23FO9P2S2. The van der Waals surface area contributed by atoms with E-state index < -0.39 is 55.9 Å². The van der Waals surface area contributed by atoms with Gasteiger partial charge in [0.25, 0.3) is 0 Å². The second-order valence-electron chi connectivity index (χ2n) is 7.42. The molecule has 28 heavy (non-hydrogen) atoms. The fourth-order valence-corrected chi connectivity index (χ4v) is 7.08. The predicted molar refractivity (Wildman–Crippen MR) is 102 cm³/mol. The van der Waals surface area contributed by atoms with E-state index in [-0.39, 0.29) is 32.3 Å². The molecule has 162 valence electrons. The number of rotatable bonds is 0. The number of ether oxygens (including phenoxy) is 3. The molecule has 14 heteroatoms. The van der Waals surface area contributed by atoms with E-state index in [2.05, 4.69) is 24.5 Å². The Balaban J connectivity index is 1.61. The van der Waals surface area contributed by atoms with Crippen LogP contribution in [0.5, 0.6) is 0 Å². The lowest BCUT2D eigenvalue weighted by atomic mass is 10.0. The predicted octanol–water partition coefficient (Wildman–Crippen LogP) is 2.95. The van der Waals surface area contributed by atoms with Gasteiger partial charge >= 0.3 is 13.6 Å². The lowest BCUT2D eigenvalue weighted by Crippen LogP contribution is -2.45. The fraction of sp³-hybridized carbons (Fsp3) is 1.00. The molecule has 4 rings (SSSR count). The van der Waals surface area contributed by atoms with Crippen molar-refractivity contribution in [2.75, 3.05) is 19.8 Å². The van der Waals surface area contributed by atoms with Crippen LogP contribution in [0.3, 0.4) is 0 Å². The van der Waals surface area contributed by atoms with Crippen LogP contribution in [0.15, 0.2) is 0 Å². The normalized spacial score (nSPS) is 57.7. The summed E-state index contributed by atoms with van der Waals surface area (Å²) in [6.07, 6.45) is -5.86. The maximum absolute atomic E-state index is 14.5. The summed E-state index contributed by atoms with van der Waals surface area (Å²) >= 11 is 8.02. The van der Waals surface area contributed by atoms with Crippen molar-refractivity contribution in [1.82, 2.24) is 0 Å². The van der Waals surface area contributed by atoms with E-state index in [9.17, 15) is 13.5 Å². The lowest BCUT2D eigenvalue weighted by molar-refractivity contribution is -0.151. The average Bonchev–Trinajstić information content (AvgIpc) is 3.15. The summed E-state index contributed by atoms with van der Waals surface area (Å²) in [4.78, 5) is 0. The molecule has 0 aromatic carbocycles. The minimum absolute atomic E-state index is 0.0617. The first kappa shape index (κ1) is 22.0. The molecule has 4 fully saturated rings. The van der Waals surface area contributed by atoms with Gasteiger partial charge in [0.05, 0.1) is 38.1 Å². The van der Waals surface area contributed by atoms with Crippen molar-refractivity contribution in [2.24, 2.45) is 0 Å². The minimum Gasteiger partial charge on any atom is -0.369 e. The number of halogens is 1. The van der Waals surface area contributed by atoms with Gasteiger partial charge in [0.15, 0.2) is 6.17 Å². The van der Waals surface area contributed by atoms with Gasteiger partial charge in [0.1, 0.15) is 23.9 Å². The van der Waals surface area contributed by atoms with Crippen LogP contribution in [0, 0.1) is 0 Å². The Morgan fingerprint density at radius 1 is 1.00 bits per heavy atom. The van der Waals surface area contributed by atoms with Crippen molar-refractivity contribution in [3.63, 3.8) is 0 Å². The van der Waals surface area contributed by atoms with Gasteiger partial charge in [-0.2, -0.15) is 0 Å². The third kappa shape index (κ3) is 4.12. The summed E-state index contributed by atoms with van der Waals surface area (Å²) in [7, 11) is 0. The van der Waals surface area contributed by atoms with E-state index in [1.807, 2.05) is 0 Å². The Bertz CT molecular complexity index is 716. The zero-order chi connectivity index (χ0) is 20.3. The molecule has 0 saturated carbocycles. The van der Waals surface area contributed by atoms with Crippen molar-refractivity contribution in [2.45, 2.75) is 68.7 Å². The number of hydrogen-bond donors (Lipinski definition) is 2. The molecule has 0 N–H and O–H groups in total. The molecule has 9 nitrogen and oxygen atoms in total. The van der Waals surface area contributed by atoms with E-state index in [4.69, 9.17) is 32.3 Å². The van der Waals surface area contributed by atoms with Gasteiger partial charge in [0, 0.05) is 6.42 Å². The molecule has 4 aliphatic heterocycles. The first-order valence-corrected chi connectivity index (χ1v) is 14.3. The molecule has 4 saturated heterocycles. The molecule has 0 radical (unpaired) electrons. The highest BCUT2D eigenvalue weighted by molar-refractivity contribution is 8.44. The standard InChI is InChI=1S/C14H23FO9P2S2/c1-7-10(15)12-9(21-7)3-4-19-25(16,27)24-13-11-8(2)22-14(13,5-18-11)6-20-26(17,28)23-12/h7-13H,3-6H2,1-2H3,(H,16,27)(H,17,28)/t7-,8-,9+,10-,11-,12+,13-,14?,25?,26?/m0/s1. The Labute approximate surface area is 172 Å². The molecule has 3 unspecified atom stereocenters. The van der Waals surface area contributed by atoms with E-state index >= 15 is 0 Å². The maximum atomic E-state index is 14.5. The second kappa shape index (κ2) is 7.74. The Morgan fingerprint density at radius 3 is 2.43 bits per heavy atom. The van der Waals surface area contributed by atoms with Crippen LogP contribution in [0.25, 0.3) is 0 Å². The number of fused-ring (bicyclic) bond motifs is 1. The molecule has 4 aliphatic rings. The molecule has 0 amide bonds. The number of hydrogen-bond acceptors (Lipinski definition) is 9. The maximum Gasteiger partial charge on any atom is 0.386 e. The Kier molecular flexibility index (Phi) is 6.09. The highest BCUT2D eigenvalue weighted by atomic mass is 32.7. The van der Waals surface area contributed by atoms with Gasteiger partial charge in [-0.15, -0.1) is 0 Å². The second-order valence-corrected chi connectivity index (χ2v) is 13.2. The van der Waals surface area contributed by atoms with Gasteiger partial charge in [-0.25, -0.2) is 13.5 Å². The first-order chi connectivity index (χ1) is 13.0. The average molecular weight is 480 g/mol. The van der Waals surface area contributed by atoms with E-state index in [0.29, 0.717) is 0 Å². The van der Waals surface area contributed by atoms with Crippen molar-refractivity contribution in [1.29, 1.82) is 0 Å². The summed E-state index contributed by atoms with van der Waals surface area (Å²) in [6, 6.07) is 0. The molecule has 0 aromatic heterocycles. The molecule has 10 atom stereocenters. The Morgan fingerprint density at radius 2 is 1.71 bits per heavy atom. The highest BCUT2D eigenvalue weighted by Gasteiger charge is 2.63. The summed E-state index contributed by atoms with van der Waals surface area (Å²) in [5.74, 6) is 0. The molecule has 0 aliphatic carbocycles. The van der Waals surface area contributed by atoms with Gasteiger partial charge in [-0.1, -0.05) is 24.5 Å². The van der Waals surface area contributed by atoms with E-state index in [1.54, 1.807) is 6.92 Å². The van der Waals surface area contributed by atoms with Crippen molar-refractivity contribution in [3.05, 3.63) is 0 Å². The van der Waals surface area contributed by atoms with Gasteiger partial charge in [-0.05, 0) is 13.8 Å². The van der Waals surface area contributed by atoms with Crippen molar-refractivity contribution < 1.29 is 45.8 Å². The molecule has 2 bridgehead atoms. The van der Waals surface area contributed by atoms with Crippen LogP contribution in [-0.4, -0.2) is 68.2 Å². The topological polar surface area (TPSA) is 98.8 Å². The van der Waals surface area contributed by atoms with Crippen LogP contribution in [0.4, 0.5) is 4.39 Å². The third-order valence-corrected chi connectivity index (χ3v) is 8.60. The van der Waals surface area contributed by atoms with Crippen molar-refractivity contribution >= 4 is 38.1 Å². The summed E-state index contributed by atoms with van der Waals surface area (Å²) in [6.45, 7) is -4.77. The quantitative estimate of drug-likeness (QED) is 0.401. The highest BCUT2D eigenvalue weighted by Crippen LogP contribution is 2.61. The Hall–Kier alpha value is 0.810. The van der Waals surface area contributed by atoms with Crippen molar-refractivity contribution in [3.8, 4) is 0 Å². The SMILES string of the molecule is C[C@@H]1O[C@@H]2CCOP(=O)(S)O[C@H]3[C@H]4OCC3(COP(=O)(S)O[C@H]2[C@H]1F)O[C@H]4C. The fourth-order valence-electron chi connectivity index (χ4n) is 4.03. The summed E-state index contributed by atoms with van der Waals surface area (Å²) in [5, 5.41) is 0. The van der Waals surface area contributed by atoms with Crippen LogP contribution >= 0.6 is 38.1 Å². The smallest absolute Gasteiger partial charge is 0.369 e. The monoisotopic (exact) mass is 480 g/mol. The summed E-state index contributed by atoms with van der Waals surface area (Å²) < 4.78 is 78.9. The largest absolute Gasteiger partial charge is 0.386 e. The lowest BCUT2D eigenvalue weighted by Gasteiger charge is -2.31. The van der Waals surface area contributed by atoms with Gasteiger partial charge in [0.2, 0.25) is 0 Å². The zero-order valence-electron chi connectivity index (χ0n) is 15.2. The third-order valence-electron chi connectivity index (χ3n) is 5.37. The molecule has 4 heterocycles. The van der Waals surface area contributed by atoms with Gasteiger partial charge < -0.3 is 18.7 Å². The van der Waals surface area contributed by atoms with E-state index in [1.165, 1.54) is 6.92 Å². The first-order valence-electron chi connectivity index (χ1n) is 8.92. The van der Waals surface area contributed by atoms with Crippen LogP contribution in [-0.2, 0) is 41.4 Å². The zero-order valence-corrected chi connectivity index (χ0v) is 18.8.